The first-order valence-corrected chi connectivity index (χ1v) is 3.89. The fourth-order valence-electron chi connectivity index (χ4n) is 0.722. The second-order valence-corrected chi connectivity index (χ2v) is 2.73. The predicted molar refractivity (Wildman–Crippen MR) is 44.4 cm³/mol. The summed E-state index contributed by atoms with van der Waals surface area (Å²) in [6.07, 6.45) is 0.119. The van der Waals surface area contributed by atoms with Gasteiger partial charge in [-0.1, -0.05) is 0 Å². The van der Waals surface area contributed by atoms with Crippen molar-refractivity contribution in [3.05, 3.63) is 0 Å². The topological polar surface area (TPSA) is 95.6 Å². The van der Waals surface area contributed by atoms with Gasteiger partial charge in [0.25, 0.3) is 0 Å². The largest absolute Gasteiger partial charge is 0.394 e. The molecule has 5 nitrogen and oxygen atoms in total. The third-order valence-electron chi connectivity index (χ3n) is 1.48. The summed E-state index contributed by atoms with van der Waals surface area (Å²) in [7, 11) is 0. The predicted octanol–water partition coefficient (Wildman–Crippen LogP) is -1.81. The van der Waals surface area contributed by atoms with Gasteiger partial charge in [0.15, 0.2) is 0 Å². The molecule has 72 valence electrons. The molecule has 0 saturated heterocycles. The number of hydrogen-bond donors (Lipinski definition) is 4. The third-order valence-corrected chi connectivity index (χ3v) is 1.48. The van der Waals surface area contributed by atoms with Crippen LogP contribution < -0.4 is 11.1 Å². The number of rotatable bonds is 6. The molecule has 0 aromatic heterocycles. The molecule has 5 heteroatoms. The summed E-state index contributed by atoms with van der Waals surface area (Å²) in [5, 5.41) is 20.2. The Labute approximate surface area is 71.6 Å². The van der Waals surface area contributed by atoms with Crippen molar-refractivity contribution in [3.63, 3.8) is 0 Å². The second-order valence-electron chi connectivity index (χ2n) is 2.73. The van der Waals surface area contributed by atoms with E-state index in [0.29, 0.717) is 13.0 Å². The highest BCUT2D eigenvalue weighted by atomic mass is 16.3. The molecule has 0 saturated carbocycles. The van der Waals surface area contributed by atoms with Crippen LogP contribution in [0.2, 0.25) is 0 Å². The third kappa shape index (κ3) is 5.06. The zero-order valence-corrected chi connectivity index (χ0v) is 7.16. The number of aliphatic hydroxyl groups is 2. The standard InChI is InChI=1S/C7H16N2O3/c1-5(11)2-3-9-6(4-10)7(8)12/h5-6,9-11H,2-4H2,1H3,(H2,8,12)/t5-,6-/m1/s1. The summed E-state index contributed by atoms with van der Waals surface area (Å²) in [5.41, 5.74) is 4.94. The molecule has 12 heavy (non-hydrogen) atoms. The molecule has 0 spiro atoms. The van der Waals surface area contributed by atoms with Crippen LogP contribution in [0.3, 0.4) is 0 Å². The van der Waals surface area contributed by atoms with Crippen LogP contribution in [0.1, 0.15) is 13.3 Å². The van der Waals surface area contributed by atoms with Gasteiger partial charge in [-0.05, 0) is 19.9 Å². The van der Waals surface area contributed by atoms with Crippen LogP contribution in [0.15, 0.2) is 0 Å². The summed E-state index contributed by atoms with van der Waals surface area (Å²) in [6.45, 7) is 1.81. The number of aliphatic hydroxyl groups excluding tert-OH is 2. The van der Waals surface area contributed by atoms with E-state index in [1.165, 1.54) is 0 Å². The molecule has 0 radical (unpaired) electrons. The first-order chi connectivity index (χ1) is 5.57. The Morgan fingerprint density at radius 1 is 1.67 bits per heavy atom. The lowest BCUT2D eigenvalue weighted by Crippen LogP contribution is -2.44. The number of hydrogen-bond acceptors (Lipinski definition) is 4. The van der Waals surface area contributed by atoms with E-state index in [2.05, 4.69) is 5.32 Å². The minimum absolute atomic E-state index is 0.310. The van der Waals surface area contributed by atoms with E-state index in [0.717, 1.165) is 0 Å². The molecule has 0 heterocycles. The summed E-state index contributed by atoms with van der Waals surface area (Å²) in [6, 6.07) is -0.705. The minimum Gasteiger partial charge on any atom is -0.394 e. The van der Waals surface area contributed by atoms with E-state index in [-0.39, 0.29) is 6.61 Å². The van der Waals surface area contributed by atoms with E-state index in [1.807, 2.05) is 0 Å². The summed E-state index contributed by atoms with van der Waals surface area (Å²) < 4.78 is 0. The molecule has 0 aliphatic carbocycles. The number of carbonyl (C=O) groups excluding carboxylic acids is 1. The SMILES string of the molecule is C[C@@H](O)CCN[C@H](CO)C(N)=O. The van der Waals surface area contributed by atoms with Gasteiger partial charge in [0.2, 0.25) is 5.91 Å². The lowest BCUT2D eigenvalue weighted by molar-refractivity contribution is -0.120. The Hall–Kier alpha value is -0.650. The number of nitrogens with one attached hydrogen (secondary N) is 1. The molecular formula is C7H16N2O3. The monoisotopic (exact) mass is 176 g/mol. The van der Waals surface area contributed by atoms with Crippen LogP contribution in [0, 0.1) is 0 Å². The second kappa shape index (κ2) is 5.93. The number of nitrogens with two attached hydrogens (primary N) is 1. The quantitative estimate of drug-likeness (QED) is 0.383. The van der Waals surface area contributed by atoms with E-state index >= 15 is 0 Å². The van der Waals surface area contributed by atoms with Gasteiger partial charge in [-0.15, -0.1) is 0 Å². The van der Waals surface area contributed by atoms with Gasteiger partial charge in [-0.3, -0.25) is 4.79 Å². The van der Waals surface area contributed by atoms with E-state index in [4.69, 9.17) is 15.9 Å². The molecule has 0 rings (SSSR count). The maximum absolute atomic E-state index is 10.5. The van der Waals surface area contributed by atoms with Crippen molar-refractivity contribution in [3.8, 4) is 0 Å². The number of carbonyl (C=O) groups is 1. The average molecular weight is 176 g/mol. The van der Waals surface area contributed by atoms with Crippen LogP contribution in [0.25, 0.3) is 0 Å². The maximum atomic E-state index is 10.5. The number of amides is 1. The molecule has 0 unspecified atom stereocenters. The van der Waals surface area contributed by atoms with Crippen LogP contribution in [0.4, 0.5) is 0 Å². The van der Waals surface area contributed by atoms with Crippen molar-refractivity contribution >= 4 is 5.91 Å². The Kier molecular flexibility index (Phi) is 5.61. The van der Waals surface area contributed by atoms with Gasteiger partial charge in [0, 0.05) is 0 Å². The van der Waals surface area contributed by atoms with Gasteiger partial charge in [0.1, 0.15) is 6.04 Å². The normalized spacial score (nSPS) is 15.6. The lowest BCUT2D eigenvalue weighted by atomic mass is 10.2. The Bertz CT molecular complexity index is 139. The Balaban J connectivity index is 3.52. The van der Waals surface area contributed by atoms with Crippen LogP contribution in [0.5, 0.6) is 0 Å². The first kappa shape index (κ1) is 11.4. The highest BCUT2D eigenvalue weighted by molar-refractivity contribution is 5.79. The first-order valence-electron chi connectivity index (χ1n) is 3.89. The molecule has 0 aromatic rings. The van der Waals surface area contributed by atoms with Gasteiger partial charge in [-0.2, -0.15) is 0 Å². The van der Waals surface area contributed by atoms with E-state index < -0.39 is 18.1 Å². The highest BCUT2D eigenvalue weighted by Crippen LogP contribution is 1.88. The molecule has 1 amide bonds. The molecule has 0 aliphatic heterocycles. The summed E-state index contributed by atoms with van der Waals surface area (Å²) in [4.78, 5) is 10.5. The molecule has 0 aromatic carbocycles. The minimum atomic E-state index is -0.705. The van der Waals surface area contributed by atoms with Crippen molar-refractivity contribution in [2.24, 2.45) is 5.73 Å². The van der Waals surface area contributed by atoms with E-state index in [1.54, 1.807) is 6.92 Å². The molecule has 2 atom stereocenters. The zero-order valence-electron chi connectivity index (χ0n) is 7.16. The van der Waals surface area contributed by atoms with Crippen LogP contribution in [-0.4, -0.2) is 41.4 Å². The maximum Gasteiger partial charge on any atom is 0.236 e. The van der Waals surface area contributed by atoms with Gasteiger partial charge >= 0.3 is 0 Å². The van der Waals surface area contributed by atoms with Crippen molar-refractivity contribution in [1.29, 1.82) is 0 Å². The lowest BCUT2D eigenvalue weighted by Gasteiger charge is -2.12. The van der Waals surface area contributed by atoms with E-state index in [9.17, 15) is 4.79 Å². The van der Waals surface area contributed by atoms with Gasteiger partial charge in [0.05, 0.1) is 12.7 Å². The van der Waals surface area contributed by atoms with Gasteiger partial charge < -0.3 is 21.3 Å². The smallest absolute Gasteiger partial charge is 0.236 e. The van der Waals surface area contributed by atoms with Gasteiger partial charge in [-0.25, -0.2) is 0 Å². The van der Waals surface area contributed by atoms with Crippen LogP contribution in [-0.2, 0) is 4.79 Å². The summed E-state index contributed by atoms with van der Waals surface area (Å²) >= 11 is 0. The molecular weight excluding hydrogens is 160 g/mol. The average Bonchev–Trinajstić information content (AvgIpc) is 1.96. The molecule has 0 bridgehead atoms. The van der Waals surface area contributed by atoms with Crippen LogP contribution >= 0.6 is 0 Å². The Morgan fingerprint density at radius 2 is 2.25 bits per heavy atom. The van der Waals surface area contributed by atoms with Crippen molar-refractivity contribution in [2.75, 3.05) is 13.2 Å². The molecule has 5 N–H and O–H groups in total. The van der Waals surface area contributed by atoms with Crippen molar-refractivity contribution in [2.45, 2.75) is 25.5 Å². The molecule has 0 aliphatic rings. The number of primary amides is 1. The van der Waals surface area contributed by atoms with Crippen molar-refractivity contribution in [1.82, 2.24) is 5.32 Å². The fraction of sp³-hybridized carbons (Fsp3) is 0.857. The summed E-state index contributed by atoms with van der Waals surface area (Å²) in [5.74, 6) is -0.580. The Morgan fingerprint density at radius 3 is 2.58 bits per heavy atom. The fourth-order valence-corrected chi connectivity index (χ4v) is 0.722. The molecule has 0 fully saturated rings. The highest BCUT2D eigenvalue weighted by Gasteiger charge is 2.12. The van der Waals surface area contributed by atoms with Crippen molar-refractivity contribution < 1.29 is 15.0 Å². The zero-order chi connectivity index (χ0) is 9.56.